The fraction of sp³-hybridized carbons (Fsp3) is 0.636. The molecular weight excluding hydrogens is 428 g/mol. The molecule has 180 valence electrons. The Morgan fingerprint density at radius 3 is 2.55 bits per heavy atom. The van der Waals surface area contributed by atoms with E-state index in [0.29, 0.717) is 32.8 Å². The summed E-state index contributed by atoms with van der Waals surface area (Å²) in [7, 11) is 0. The first-order valence-corrected chi connectivity index (χ1v) is 11.4. The monoisotopic (exact) mass is 460 g/mol. The molecule has 1 saturated heterocycles. The third-order valence-electron chi connectivity index (χ3n) is 5.67. The maximum Gasteiger partial charge on any atom is 0.291 e. The van der Waals surface area contributed by atoms with E-state index in [1.54, 1.807) is 0 Å². The maximum absolute atomic E-state index is 13.1. The minimum absolute atomic E-state index is 0.0217. The zero-order chi connectivity index (χ0) is 23.8. The molecule has 11 heteroatoms. The van der Waals surface area contributed by atoms with E-state index in [1.807, 2.05) is 20.8 Å². The molecule has 0 bridgehead atoms. The lowest BCUT2D eigenvalue weighted by molar-refractivity contribution is 0.0383. The number of amides is 2. The van der Waals surface area contributed by atoms with Crippen LogP contribution in [0.2, 0.25) is 0 Å². The lowest BCUT2D eigenvalue weighted by Crippen LogP contribution is -2.41. The van der Waals surface area contributed by atoms with Gasteiger partial charge in [0.05, 0.1) is 13.2 Å². The van der Waals surface area contributed by atoms with Gasteiger partial charge in [0.2, 0.25) is 5.88 Å². The van der Waals surface area contributed by atoms with Gasteiger partial charge in [-0.3, -0.25) is 23.9 Å². The predicted molar refractivity (Wildman–Crippen MR) is 121 cm³/mol. The Morgan fingerprint density at radius 1 is 1.21 bits per heavy atom. The molecule has 2 fully saturated rings. The van der Waals surface area contributed by atoms with Gasteiger partial charge in [-0.2, -0.15) is 9.61 Å². The first-order chi connectivity index (χ1) is 15.6. The average Bonchev–Trinajstić information content (AvgIpc) is 3.44. The molecule has 0 atom stereocenters. The smallest absolute Gasteiger partial charge is 0.291 e. The van der Waals surface area contributed by atoms with Gasteiger partial charge in [-0.1, -0.05) is 20.8 Å². The summed E-state index contributed by atoms with van der Waals surface area (Å²) in [5, 5.41) is 20.7. The lowest BCUT2D eigenvalue weighted by atomic mass is 9.96. The Bertz CT molecular complexity index is 1110. The van der Waals surface area contributed by atoms with E-state index in [4.69, 9.17) is 4.74 Å². The molecule has 33 heavy (non-hydrogen) atoms. The van der Waals surface area contributed by atoms with Gasteiger partial charge in [-0.25, -0.2) is 0 Å². The standard InChI is InChI=1S/C22H32N6O5/c1-22(2,3)13-27-16-12-15(18(29)23-6-7-26-8-10-33-11-9-26)25-28(16)21(32)17(20(27)31)19(30)24-14-4-5-14/h12,14,31H,4-11,13H2,1-3H3,(H,23,29)(H,24,30). The van der Waals surface area contributed by atoms with Crippen molar-refractivity contribution in [3.05, 3.63) is 27.7 Å². The fourth-order valence-corrected chi connectivity index (χ4v) is 3.83. The summed E-state index contributed by atoms with van der Waals surface area (Å²) in [6.45, 7) is 10.4. The van der Waals surface area contributed by atoms with Gasteiger partial charge in [0.15, 0.2) is 11.3 Å². The topological polar surface area (TPSA) is 130 Å². The van der Waals surface area contributed by atoms with Crippen LogP contribution in [0.3, 0.4) is 0 Å². The van der Waals surface area contributed by atoms with Crippen molar-refractivity contribution in [3.63, 3.8) is 0 Å². The molecule has 1 aliphatic heterocycles. The summed E-state index contributed by atoms with van der Waals surface area (Å²) in [5.41, 5.74) is -1.08. The molecule has 2 aromatic rings. The number of nitrogens with one attached hydrogen (secondary N) is 2. The number of nitrogens with zero attached hydrogens (tertiary/aromatic N) is 4. The zero-order valence-corrected chi connectivity index (χ0v) is 19.4. The maximum atomic E-state index is 13.1. The molecule has 0 unspecified atom stereocenters. The number of rotatable bonds is 7. The molecule has 2 aromatic heterocycles. The molecule has 1 aliphatic carbocycles. The van der Waals surface area contributed by atoms with Gasteiger partial charge in [0.25, 0.3) is 17.4 Å². The first-order valence-electron chi connectivity index (χ1n) is 11.4. The molecule has 3 N–H and O–H groups in total. The Kier molecular flexibility index (Phi) is 6.44. The minimum atomic E-state index is -0.752. The van der Waals surface area contributed by atoms with Crippen LogP contribution in [-0.2, 0) is 11.3 Å². The van der Waals surface area contributed by atoms with E-state index >= 15 is 0 Å². The largest absolute Gasteiger partial charge is 0.494 e. The summed E-state index contributed by atoms with van der Waals surface area (Å²) >= 11 is 0. The first kappa shape index (κ1) is 23.2. The van der Waals surface area contributed by atoms with Gasteiger partial charge in [0, 0.05) is 44.8 Å². The third kappa shape index (κ3) is 5.36. The highest BCUT2D eigenvalue weighted by atomic mass is 16.5. The summed E-state index contributed by atoms with van der Waals surface area (Å²) in [4.78, 5) is 40.7. The molecule has 0 radical (unpaired) electrons. The number of carbonyl (C=O) groups is 2. The molecule has 11 nitrogen and oxygen atoms in total. The van der Waals surface area contributed by atoms with Crippen LogP contribution in [0, 0.1) is 5.41 Å². The van der Waals surface area contributed by atoms with Crippen LogP contribution in [0.25, 0.3) is 5.65 Å². The second-order valence-corrected chi connectivity index (χ2v) is 9.91. The highest BCUT2D eigenvalue weighted by Gasteiger charge is 2.30. The Balaban J connectivity index is 1.63. The van der Waals surface area contributed by atoms with Crippen molar-refractivity contribution < 1.29 is 19.4 Å². The summed E-state index contributed by atoms with van der Waals surface area (Å²) < 4.78 is 7.83. The molecule has 2 aliphatic rings. The quantitative estimate of drug-likeness (QED) is 0.538. The van der Waals surface area contributed by atoms with Crippen LogP contribution in [0.15, 0.2) is 10.9 Å². The van der Waals surface area contributed by atoms with Crippen LogP contribution < -0.4 is 16.2 Å². The second-order valence-electron chi connectivity index (χ2n) is 9.91. The van der Waals surface area contributed by atoms with Gasteiger partial charge in [-0.15, -0.1) is 0 Å². The van der Waals surface area contributed by atoms with Crippen molar-refractivity contribution in [1.82, 2.24) is 29.7 Å². The van der Waals surface area contributed by atoms with E-state index < -0.39 is 23.3 Å². The van der Waals surface area contributed by atoms with Crippen LogP contribution in [0.5, 0.6) is 5.88 Å². The number of aromatic nitrogens is 3. The van der Waals surface area contributed by atoms with Crippen LogP contribution in [-0.4, -0.2) is 81.4 Å². The van der Waals surface area contributed by atoms with Crippen LogP contribution in [0.1, 0.15) is 54.5 Å². The zero-order valence-electron chi connectivity index (χ0n) is 19.4. The normalized spacial score (nSPS) is 17.3. The number of hydrogen-bond acceptors (Lipinski definition) is 7. The van der Waals surface area contributed by atoms with E-state index in [2.05, 4.69) is 20.6 Å². The minimum Gasteiger partial charge on any atom is -0.494 e. The van der Waals surface area contributed by atoms with E-state index in [9.17, 15) is 19.5 Å². The van der Waals surface area contributed by atoms with Crippen molar-refractivity contribution in [2.75, 3.05) is 39.4 Å². The van der Waals surface area contributed by atoms with E-state index in [1.165, 1.54) is 10.6 Å². The van der Waals surface area contributed by atoms with Gasteiger partial charge >= 0.3 is 0 Å². The summed E-state index contributed by atoms with van der Waals surface area (Å²) in [6, 6.07) is 1.49. The Morgan fingerprint density at radius 2 is 1.91 bits per heavy atom. The van der Waals surface area contributed by atoms with Crippen molar-refractivity contribution in [3.8, 4) is 5.88 Å². The van der Waals surface area contributed by atoms with Crippen molar-refractivity contribution in [2.45, 2.75) is 46.2 Å². The number of carbonyl (C=O) groups excluding carboxylic acids is 2. The van der Waals surface area contributed by atoms with Crippen molar-refractivity contribution >= 4 is 17.5 Å². The molecule has 4 rings (SSSR count). The third-order valence-corrected chi connectivity index (χ3v) is 5.67. The molecular formula is C22H32N6O5. The van der Waals surface area contributed by atoms with Crippen molar-refractivity contribution in [1.29, 1.82) is 0 Å². The van der Waals surface area contributed by atoms with Crippen LogP contribution in [0.4, 0.5) is 0 Å². The Hall–Kier alpha value is -2.92. The molecule has 1 saturated carbocycles. The number of fused-ring (bicyclic) bond motifs is 1. The number of morpholine rings is 1. The molecule has 3 heterocycles. The number of aromatic hydroxyl groups is 1. The summed E-state index contributed by atoms with van der Waals surface area (Å²) in [5.74, 6) is -1.46. The number of hydrogen-bond donors (Lipinski definition) is 3. The van der Waals surface area contributed by atoms with Gasteiger partial charge in [0.1, 0.15) is 5.65 Å². The highest BCUT2D eigenvalue weighted by molar-refractivity contribution is 5.97. The van der Waals surface area contributed by atoms with E-state index in [0.717, 1.165) is 30.4 Å². The highest BCUT2D eigenvalue weighted by Crippen LogP contribution is 2.26. The number of ether oxygens (including phenoxy) is 1. The average molecular weight is 461 g/mol. The van der Waals surface area contributed by atoms with E-state index in [-0.39, 0.29) is 28.4 Å². The van der Waals surface area contributed by atoms with Crippen molar-refractivity contribution in [2.24, 2.45) is 5.41 Å². The molecule has 2 amide bonds. The fourth-order valence-electron chi connectivity index (χ4n) is 3.83. The van der Waals surface area contributed by atoms with Crippen LogP contribution >= 0.6 is 0 Å². The van der Waals surface area contributed by atoms with Gasteiger partial charge < -0.3 is 20.5 Å². The predicted octanol–water partition coefficient (Wildman–Crippen LogP) is 0.202. The Labute approximate surface area is 191 Å². The molecule has 0 spiro atoms. The SMILES string of the molecule is CC(C)(C)Cn1c(O)c(C(=O)NC2CC2)c(=O)n2nc(C(=O)NCCN3CCOCC3)cc12. The lowest BCUT2D eigenvalue weighted by Gasteiger charge is -2.26. The second kappa shape index (κ2) is 9.14. The van der Waals surface area contributed by atoms with Gasteiger partial charge in [-0.05, 0) is 18.3 Å². The summed E-state index contributed by atoms with van der Waals surface area (Å²) in [6.07, 6.45) is 1.70. The molecule has 0 aromatic carbocycles.